The predicted octanol–water partition coefficient (Wildman–Crippen LogP) is 8.96. The topological polar surface area (TPSA) is 194 Å². The van der Waals surface area contributed by atoms with Gasteiger partial charge in [0.25, 0.3) is 0 Å². The van der Waals surface area contributed by atoms with Crippen molar-refractivity contribution in [1.29, 1.82) is 0 Å². The van der Waals surface area contributed by atoms with Crippen LogP contribution in [0.15, 0.2) is 53.8 Å². The molecule has 75 heavy (non-hydrogen) atoms. The normalized spacial score (nSPS) is 33.1. The monoisotopic (exact) mass is 1050 g/mol. The summed E-state index contributed by atoms with van der Waals surface area (Å²) < 4.78 is 27.3. The zero-order chi connectivity index (χ0) is 51.1. The van der Waals surface area contributed by atoms with Crippen LogP contribution in [0.3, 0.4) is 0 Å². The Balaban J connectivity index is 1.06. The zero-order valence-corrected chi connectivity index (χ0v) is 44.2. The van der Waals surface area contributed by atoms with E-state index in [1.165, 1.54) is 19.8 Å². The van der Waals surface area contributed by atoms with Crippen molar-refractivity contribution in [3.63, 3.8) is 0 Å². The van der Waals surface area contributed by atoms with Crippen molar-refractivity contribution >= 4 is 39.4 Å². The molecule has 6 heterocycles. The lowest BCUT2D eigenvalue weighted by molar-refractivity contribution is -0.142. The molecule has 12 atom stereocenters. The number of phenols is 2. The van der Waals surface area contributed by atoms with Gasteiger partial charge in [0.1, 0.15) is 41.8 Å². The number of nitrogens with one attached hydrogen (secondary N) is 3. The van der Waals surface area contributed by atoms with Gasteiger partial charge in [-0.15, -0.1) is 0 Å². The number of rotatable bonds is 5. The van der Waals surface area contributed by atoms with Gasteiger partial charge in [0, 0.05) is 101 Å². The van der Waals surface area contributed by atoms with Gasteiger partial charge in [0.2, 0.25) is 0 Å². The number of carbonyl (C=O) groups is 2. The van der Waals surface area contributed by atoms with Gasteiger partial charge in [-0.25, -0.2) is 0 Å². The molecule has 6 aliphatic heterocycles. The Bertz CT molecular complexity index is 3000. The molecule has 13 nitrogen and oxygen atoms in total. The van der Waals surface area contributed by atoms with E-state index < -0.39 is 36.4 Å². The lowest BCUT2D eigenvalue weighted by atomic mass is 9.65. The highest BCUT2D eigenvalue weighted by Crippen LogP contribution is 2.64. The lowest BCUT2D eigenvalue weighted by Gasteiger charge is -2.41. The van der Waals surface area contributed by atoms with E-state index in [0.717, 1.165) is 124 Å². The van der Waals surface area contributed by atoms with Crippen LogP contribution in [0, 0.1) is 29.6 Å². The summed E-state index contributed by atoms with van der Waals surface area (Å²) in [7, 11) is 3.78. The number of ether oxygens (including phenoxy) is 4. The van der Waals surface area contributed by atoms with E-state index in [9.17, 15) is 24.9 Å². The number of piperidine rings is 1. The third-order valence-corrected chi connectivity index (χ3v) is 21.1. The molecule has 1 spiro atoms. The Morgan fingerprint density at radius 3 is 2.75 bits per heavy atom. The molecule has 2 saturated heterocycles. The molecule has 5 fully saturated rings. The summed E-state index contributed by atoms with van der Waals surface area (Å²) in [6, 6.07) is 7.68. The van der Waals surface area contributed by atoms with E-state index in [1.807, 2.05) is 33.7 Å². The molecule has 0 amide bonds. The van der Waals surface area contributed by atoms with E-state index in [0.29, 0.717) is 60.7 Å². The average Bonchev–Trinajstić information content (AvgIpc) is 4.13. The standard InChI is InChI=1S/C60H68N4O9S2/c1-31(66)70-27-44-40-11-12-42-52-36(23-39(68)24-49(52)71-30-65)26-60-19-18-32(25-60)20-34-9-17-51(61)64-45(34)7-3-6-41-53(57(44)73-58(40)55(42)60)43-13-16-47-50(29-75-74-28-33-4-2-5-37(21-33)62-47)72-59(43)56(69)54(41)48-14-8-35-22-38(67)10-15-46(35)63-48/h9,11-13,16-17,23-24,32-33,35,37,44,46-48,50-51,57,62-65,68-69H,2,4-6,8,10,14-15,18-22,25-30,61H2,1H3. The first-order chi connectivity index (χ1) is 36.5. The Kier molecular flexibility index (Phi) is 13.2. The number of aromatic hydroxyl groups is 2. The van der Waals surface area contributed by atoms with Crippen LogP contribution in [-0.4, -0.2) is 82.4 Å². The number of aliphatic hydroxyl groups excluding tert-OH is 1. The molecule has 394 valence electrons. The smallest absolute Gasteiger partial charge is 0.302 e. The van der Waals surface area contributed by atoms with Gasteiger partial charge in [-0.2, -0.15) is 0 Å². The predicted molar refractivity (Wildman–Crippen MR) is 290 cm³/mol. The summed E-state index contributed by atoms with van der Waals surface area (Å²) in [6.07, 6.45) is 19.4. The molecule has 13 rings (SSSR count). The second-order valence-electron chi connectivity index (χ2n) is 23.1. The van der Waals surface area contributed by atoms with Crippen molar-refractivity contribution < 1.29 is 43.9 Å². The number of esters is 1. The number of aliphatic hydroxyl groups is 1. The summed E-state index contributed by atoms with van der Waals surface area (Å²) in [5.74, 6) is 11.4. The molecular formula is C60H68N4O9S2. The third-order valence-electron chi connectivity index (χ3n) is 18.5. The summed E-state index contributed by atoms with van der Waals surface area (Å²) in [6.45, 7) is 0.926. The lowest BCUT2D eigenvalue weighted by Crippen LogP contribution is -2.49. The number of fused-ring (bicyclic) bond motifs is 12. The Hall–Kier alpha value is -5.08. The van der Waals surface area contributed by atoms with Crippen molar-refractivity contribution in [2.24, 2.45) is 23.5 Å². The van der Waals surface area contributed by atoms with Crippen molar-refractivity contribution in [3.05, 3.63) is 92.7 Å². The number of phenolic OH excluding ortho intramolecular Hbond substituents is 2. The molecule has 8 N–H and O–H groups in total. The van der Waals surface area contributed by atoms with Crippen LogP contribution in [-0.2, 0) is 32.6 Å². The number of dihydropyridines is 1. The first kappa shape index (κ1) is 49.5. The number of benzene rings is 3. The summed E-state index contributed by atoms with van der Waals surface area (Å²) in [4.78, 5) is 25.9. The van der Waals surface area contributed by atoms with Gasteiger partial charge < -0.3 is 56.0 Å². The number of hydrogen-bond acceptors (Lipinski definition) is 15. The van der Waals surface area contributed by atoms with E-state index >= 15 is 0 Å². The fraction of sp³-hybridized carbons (Fsp3) is 0.533. The van der Waals surface area contributed by atoms with Gasteiger partial charge in [-0.1, -0.05) is 64.3 Å². The Labute approximate surface area is 447 Å². The zero-order valence-electron chi connectivity index (χ0n) is 42.6. The minimum Gasteiger partial charge on any atom is -0.508 e. The number of nitrogens with two attached hydrogens (primary N) is 1. The molecular weight excluding hydrogens is 985 g/mol. The number of hydrogen-bond donors (Lipinski definition) is 7. The van der Waals surface area contributed by atoms with Crippen LogP contribution in [0.2, 0.25) is 0 Å². The highest BCUT2D eigenvalue weighted by atomic mass is 33.1. The van der Waals surface area contributed by atoms with Crippen LogP contribution in [0.25, 0.3) is 17.2 Å². The maximum atomic E-state index is 13.4. The van der Waals surface area contributed by atoms with Gasteiger partial charge in [-0.3, -0.25) is 9.59 Å². The number of Topliss-reactive ketones (excluding diaryl/α,β-unsaturated/α-hetero) is 1. The van der Waals surface area contributed by atoms with Gasteiger partial charge in [0.15, 0.2) is 18.3 Å². The van der Waals surface area contributed by atoms with E-state index in [-0.39, 0.29) is 60.6 Å². The Morgan fingerprint density at radius 1 is 0.973 bits per heavy atom. The summed E-state index contributed by atoms with van der Waals surface area (Å²) in [5.41, 5.74) is 15.9. The molecule has 0 radical (unpaired) electrons. The molecule has 3 saturated carbocycles. The van der Waals surface area contributed by atoms with Crippen LogP contribution in [0.4, 0.5) is 0 Å². The van der Waals surface area contributed by atoms with E-state index in [1.54, 1.807) is 6.07 Å². The van der Waals surface area contributed by atoms with Crippen LogP contribution in [0.5, 0.6) is 28.7 Å². The number of allylic oxidation sites excluding steroid dienone is 3. The first-order valence-electron chi connectivity index (χ1n) is 27.5. The largest absolute Gasteiger partial charge is 0.508 e. The maximum absolute atomic E-state index is 13.4. The molecule has 15 heteroatoms. The molecule has 0 aromatic heterocycles. The van der Waals surface area contributed by atoms with Gasteiger partial charge in [-0.05, 0) is 129 Å². The third kappa shape index (κ3) is 9.03. The summed E-state index contributed by atoms with van der Waals surface area (Å²) >= 11 is 0. The number of carbonyl (C=O) groups excluding carboxylic acids is 2. The summed E-state index contributed by atoms with van der Waals surface area (Å²) in [5, 5.41) is 46.3. The fourth-order valence-corrected chi connectivity index (χ4v) is 17.9. The molecule has 3 aromatic carbocycles. The van der Waals surface area contributed by atoms with E-state index in [2.05, 4.69) is 58.2 Å². The molecule has 3 aromatic rings. The van der Waals surface area contributed by atoms with Crippen LogP contribution < -0.4 is 35.9 Å². The number of ketones is 1. The van der Waals surface area contributed by atoms with E-state index in [4.69, 9.17) is 24.7 Å². The van der Waals surface area contributed by atoms with Crippen molar-refractivity contribution in [2.45, 2.75) is 157 Å². The maximum Gasteiger partial charge on any atom is 0.302 e. The molecule has 6 bridgehead atoms. The molecule has 12 unspecified atom stereocenters. The average molecular weight is 1050 g/mol. The van der Waals surface area contributed by atoms with Crippen LogP contribution >= 0.6 is 21.6 Å². The first-order valence-corrected chi connectivity index (χ1v) is 30.0. The molecule has 4 aliphatic carbocycles. The minimum atomic E-state index is -0.727. The highest BCUT2D eigenvalue weighted by molar-refractivity contribution is 8.76. The Morgan fingerprint density at radius 2 is 1.87 bits per heavy atom. The molecule has 10 aliphatic rings. The van der Waals surface area contributed by atoms with Crippen molar-refractivity contribution in [1.82, 2.24) is 16.0 Å². The quantitative estimate of drug-likeness (QED) is 0.0554. The minimum absolute atomic E-state index is 0.0405. The van der Waals surface area contributed by atoms with Gasteiger partial charge >= 0.3 is 5.97 Å². The highest BCUT2D eigenvalue weighted by Gasteiger charge is 2.52. The van der Waals surface area contributed by atoms with Crippen molar-refractivity contribution in [2.75, 3.05) is 24.9 Å². The SMILES string of the molecule is CC(=O)OCC1c2ccc3c4c2OC1c1c2c(c(O)c(C5CCC6CC(=O)CCC6N5)c1CC#CC1=C(C=CC(N)N1)CC1CCC4(Cc4cc(O)cc(OCO)c4-3)C1)OC1CSSCC3CCCC(C3)NC1C=C2. The fourth-order valence-electron chi connectivity index (χ4n) is 15.3. The van der Waals surface area contributed by atoms with Crippen LogP contribution in [0.1, 0.15) is 147 Å². The second kappa shape index (κ2) is 20.1. The van der Waals surface area contributed by atoms with Gasteiger partial charge in [0.05, 0.1) is 23.8 Å². The second-order valence-corrected chi connectivity index (χ2v) is 25.7. The van der Waals surface area contributed by atoms with Crippen molar-refractivity contribution in [3.8, 4) is 51.7 Å².